The third-order valence-corrected chi connectivity index (χ3v) is 5.06. The zero-order chi connectivity index (χ0) is 17.8. The maximum Gasteiger partial charge on any atom is 0.268 e. The van der Waals surface area contributed by atoms with Crippen molar-refractivity contribution in [1.82, 2.24) is 9.97 Å². The van der Waals surface area contributed by atoms with Crippen LogP contribution in [0.2, 0.25) is 0 Å². The Kier molecular flexibility index (Phi) is 5.45. The van der Waals surface area contributed by atoms with Crippen LogP contribution >= 0.6 is 27.3 Å². The van der Waals surface area contributed by atoms with Crippen molar-refractivity contribution in [3.63, 3.8) is 0 Å². The smallest absolute Gasteiger partial charge is 0.268 e. The van der Waals surface area contributed by atoms with Crippen molar-refractivity contribution in [3.8, 4) is 16.3 Å². The number of pyridine rings is 1. The van der Waals surface area contributed by atoms with Gasteiger partial charge in [-0.3, -0.25) is 4.79 Å². The molecule has 0 aliphatic rings. The molecule has 1 aromatic carbocycles. The monoisotopic (exact) mass is 417 g/mol. The zero-order valence-electron chi connectivity index (χ0n) is 13.7. The van der Waals surface area contributed by atoms with Crippen molar-refractivity contribution in [2.75, 3.05) is 11.9 Å². The highest BCUT2D eigenvalue weighted by Gasteiger charge is 2.17. The Labute approximate surface area is 158 Å². The molecule has 0 saturated heterocycles. The molecule has 0 fully saturated rings. The number of thiazole rings is 1. The quantitative estimate of drug-likeness (QED) is 0.639. The first-order chi connectivity index (χ1) is 12.1. The summed E-state index contributed by atoms with van der Waals surface area (Å²) in [5.74, 6) is 1.12. The first kappa shape index (κ1) is 17.6. The van der Waals surface area contributed by atoms with E-state index < -0.39 is 0 Å². The molecule has 0 radical (unpaired) electrons. The number of carbonyl (C=O) groups excluding carboxylic acids is 1. The molecule has 3 rings (SSSR count). The summed E-state index contributed by atoms with van der Waals surface area (Å²) < 4.78 is 6.31. The van der Waals surface area contributed by atoms with Gasteiger partial charge in [0.2, 0.25) is 0 Å². The lowest BCUT2D eigenvalue weighted by molar-refractivity contribution is 0.102. The van der Waals surface area contributed by atoms with Crippen LogP contribution in [0, 0.1) is 6.92 Å². The predicted molar refractivity (Wildman–Crippen MR) is 103 cm³/mol. The molecule has 1 amide bonds. The molecule has 0 aliphatic heterocycles. The average molecular weight is 418 g/mol. The molecule has 0 bridgehead atoms. The fourth-order valence-corrected chi connectivity index (χ4v) is 3.42. The summed E-state index contributed by atoms with van der Waals surface area (Å²) in [7, 11) is 0. The van der Waals surface area contributed by atoms with Crippen LogP contribution < -0.4 is 10.1 Å². The SMILES string of the molecule is CCOc1ccc(-c2nc(C)c(C(=O)Nc3ccc(Br)cn3)s2)cc1. The molecule has 3 aromatic rings. The van der Waals surface area contributed by atoms with Gasteiger partial charge in [-0.05, 0) is 66.2 Å². The molecule has 2 heterocycles. The van der Waals surface area contributed by atoms with Crippen LogP contribution in [0.5, 0.6) is 5.75 Å². The van der Waals surface area contributed by atoms with Crippen molar-refractivity contribution in [2.45, 2.75) is 13.8 Å². The Morgan fingerprint density at radius 2 is 2.00 bits per heavy atom. The molecule has 2 aromatic heterocycles. The van der Waals surface area contributed by atoms with E-state index in [-0.39, 0.29) is 5.91 Å². The van der Waals surface area contributed by atoms with Gasteiger partial charge in [-0.25, -0.2) is 9.97 Å². The van der Waals surface area contributed by atoms with E-state index in [1.54, 1.807) is 12.3 Å². The molecule has 25 heavy (non-hydrogen) atoms. The van der Waals surface area contributed by atoms with E-state index in [4.69, 9.17) is 4.74 Å². The Balaban J connectivity index is 1.79. The molecule has 0 unspecified atom stereocenters. The van der Waals surface area contributed by atoms with E-state index in [1.165, 1.54) is 11.3 Å². The number of anilines is 1. The van der Waals surface area contributed by atoms with Gasteiger partial charge in [0.05, 0.1) is 12.3 Å². The second kappa shape index (κ2) is 7.76. The number of carbonyl (C=O) groups is 1. The van der Waals surface area contributed by atoms with Crippen molar-refractivity contribution >= 4 is 39.0 Å². The highest BCUT2D eigenvalue weighted by Crippen LogP contribution is 2.29. The molecule has 7 heteroatoms. The Morgan fingerprint density at radius 3 is 2.64 bits per heavy atom. The van der Waals surface area contributed by atoms with Gasteiger partial charge >= 0.3 is 0 Å². The summed E-state index contributed by atoms with van der Waals surface area (Å²) in [5.41, 5.74) is 1.65. The van der Waals surface area contributed by atoms with Crippen molar-refractivity contribution < 1.29 is 9.53 Å². The van der Waals surface area contributed by atoms with Crippen LogP contribution in [0.4, 0.5) is 5.82 Å². The van der Waals surface area contributed by atoms with Crippen LogP contribution in [0.3, 0.4) is 0 Å². The number of amides is 1. The maximum atomic E-state index is 12.5. The second-order valence-electron chi connectivity index (χ2n) is 5.21. The van der Waals surface area contributed by atoms with E-state index in [0.717, 1.165) is 20.8 Å². The highest BCUT2D eigenvalue weighted by atomic mass is 79.9. The second-order valence-corrected chi connectivity index (χ2v) is 7.12. The van der Waals surface area contributed by atoms with Crippen molar-refractivity contribution in [1.29, 1.82) is 0 Å². The fourth-order valence-electron chi connectivity index (χ4n) is 2.21. The van der Waals surface area contributed by atoms with Gasteiger partial charge in [0.25, 0.3) is 5.91 Å². The number of rotatable bonds is 5. The van der Waals surface area contributed by atoms with Gasteiger partial charge < -0.3 is 10.1 Å². The van der Waals surface area contributed by atoms with Crippen LogP contribution in [-0.4, -0.2) is 22.5 Å². The molecular formula is C18H16BrN3O2S. The van der Waals surface area contributed by atoms with Crippen molar-refractivity contribution in [2.24, 2.45) is 0 Å². The fraction of sp³-hybridized carbons (Fsp3) is 0.167. The largest absolute Gasteiger partial charge is 0.494 e. The molecule has 0 aliphatic carbocycles. The van der Waals surface area contributed by atoms with E-state index in [0.29, 0.717) is 23.0 Å². The maximum absolute atomic E-state index is 12.5. The van der Waals surface area contributed by atoms with Gasteiger partial charge in [0, 0.05) is 16.2 Å². The van der Waals surface area contributed by atoms with E-state index in [2.05, 4.69) is 31.2 Å². The Bertz CT molecular complexity index is 876. The molecule has 0 spiro atoms. The third-order valence-electron chi connectivity index (χ3n) is 3.38. The number of hydrogen-bond acceptors (Lipinski definition) is 5. The minimum absolute atomic E-state index is 0.206. The minimum atomic E-state index is -0.206. The highest BCUT2D eigenvalue weighted by molar-refractivity contribution is 9.10. The first-order valence-electron chi connectivity index (χ1n) is 7.70. The normalized spacial score (nSPS) is 10.5. The number of nitrogens with zero attached hydrogens (tertiary/aromatic N) is 2. The number of benzene rings is 1. The lowest BCUT2D eigenvalue weighted by Crippen LogP contribution is -2.12. The molecule has 128 valence electrons. The molecule has 5 nitrogen and oxygen atoms in total. The minimum Gasteiger partial charge on any atom is -0.494 e. The first-order valence-corrected chi connectivity index (χ1v) is 9.31. The summed E-state index contributed by atoms with van der Waals surface area (Å²) in [5, 5.41) is 3.60. The summed E-state index contributed by atoms with van der Waals surface area (Å²) >= 11 is 4.68. The van der Waals surface area contributed by atoms with Gasteiger partial charge in [-0.2, -0.15) is 0 Å². The Morgan fingerprint density at radius 1 is 1.24 bits per heavy atom. The third kappa shape index (κ3) is 4.24. The average Bonchev–Trinajstić information content (AvgIpc) is 3.00. The number of hydrogen-bond donors (Lipinski definition) is 1. The van der Waals surface area contributed by atoms with E-state index in [9.17, 15) is 4.79 Å². The lowest BCUT2D eigenvalue weighted by atomic mass is 10.2. The Hall–Kier alpha value is -2.25. The zero-order valence-corrected chi connectivity index (χ0v) is 16.1. The van der Waals surface area contributed by atoms with Gasteiger partial charge in [-0.15, -0.1) is 11.3 Å². The van der Waals surface area contributed by atoms with Gasteiger partial charge in [0.15, 0.2) is 0 Å². The standard InChI is InChI=1S/C18H16BrN3O2S/c1-3-24-14-7-4-12(5-8-14)18-21-11(2)16(25-18)17(23)22-15-9-6-13(19)10-20-15/h4-10H,3H2,1-2H3,(H,20,22,23). The van der Waals surface area contributed by atoms with Crippen molar-refractivity contribution in [3.05, 3.63) is 57.6 Å². The molecule has 0 atom stereocenters. The molecule has 1 N–H and O–H groups in total. The van der Waals surface area contributed by atoms with Crippen LogP contribution in [-0.2, 0) is 0 Å². The lowest BCUT2D eigenvalue weighted by Gasteiger charge is -2.03. The number of halogens is 1. The van der Waals surface area contributed by atoms with E-state index in [1.807, 2.05) is 44.2 Å². The summed E-state index contributed by atoms with van der Waals surface area (Å²) in [6.07, 6.45) is 1.64. The summed E-state index contributed by atoms with van der Waals surface area (Å²) in [6, 6.07) is 11.3. The van der Waals surface area contributed by atoms with Gasteiger partial charge in [-0.1, -0.05) is 0 Å². The van der Waals surface area contributed by atoms with Gasteiger partial charge in [0.1, 0.15) is 21.5 Å². The van der Waals surface area contributed by atoms with Crippen LogP contribution in [0.25, 0.3) is 10.6 Å². The number of ether oxygens (including phenoxy) is 1. The molecular weight excluding hydrogens is 402 g/mol. The molecule has 0 saturated carbocycles. The van der Waals surface area contributed by atoms with E-state index >= 15 is 0 Å². The number of aromatic nitrogens is 2. The topological polar surface area (TPSA) is 64.1 Å². The summed E-state index contributed by atoms with van der Waals surface area (Å²) in [4.78, 5) is 21.7. The van der Waals surface area contributed by atoms with Crippen LogP contribution in [0.15, 0.2) is 47.1 Å². The predicted octanol–water partition coefficient (Wildman–Crippen LogP) is 4.93. The van der Waals surface area contributed by atoms with Crippen LogP contribution in [0.1, 0.15) is 22.3 Å². The summed E-state index contributed by atoms with van der Waals surface area (Å²) in [6.45, 7) is 4.41. The number of nitrogens with one attached hydrogen (secondary N) is 1. The number of aryl methyl sites for hydroxylation is 1.